The molecular formula is C15H27NO4. The van der Waals surface area contributed by atoms with Gasteiger partial charge in [-0.15, -0.1) is 0 Å². The van der Waals surface area contributed by atoms with Crippen LogP contribution in [0.5, 0.6) is 0 Å². The minimum absolute atomic E-state index is 0.0178. The van der Waals surface area contributed by atoms with Crippen LogP contribution in [0.1, 0.15) is 59.3 Å². The van der Waals surface area contributed by atoms with Crippen LogP contribution in [0, 0.1) is 0 Å². The van der Waals surface area contributed by atoms with E-state index in [0.29, 0.717) is 6.54 Å². The van der Waals surface area contributed by atoms with Crippen molar-refractivity contribution in [3.8, 4) is 0 Å². The van der Waals surface area contributed by atoms with E-state index in [-0.39, 0.29) is 18.8 Å². The molecule has 1 N–H and O–H groups in total. The first-order valence-corrected chi connectivity index (χ1v) is 7.66. The van der Waals surface area contributed by atoms with Crippen LogP contribution in [0.25, 0.3) is 0 Å². The molecule has 2 aliphatic heterocycles. The van der Waals surface area contributed by atoms with Crippen LogP contribution in [-0.4, -0.2) is 46.7 Å². The van der Waals surface area contributed by atoms with E-state index in [1.54, 1.807) is 4.90 Å². The average Bonchev–Trinajstić information content (AvgIpc) is 2.37. The summed E-state index contributed by atoms with van der Waals surface area (Å²) in [4.78, 5) is 14.2. The lowest BCUT2D eigenvalue weighted by Gasteiger charge is -2.50. The molecule has 0 aromatic carbocycles. The number of piperidine rings is 1. The molecule has 0 aromatic rings. The highest BCUT2D eigenvalue weighted by molar-refractivity contribution is 5.69. The van der Waals surface area contributed by atoms with Crippen molar-refractivity contribution in [3.63, 3.8) is 0 Å². The summed E-state index contributed by atoms with van der Waals surface area (Å²) in [6.07, 6.45) is 5.09. The topological polar surface area (TPSA) is 59.0 Å². The van der Waals surface area contributed by atoms with Crippen molar-refractivity contribution in [3.05, 3.63) is 0 Å². The zero-order valence-electron chi connectivity index (χ0n) is 12.9. The first kappa shape index (κ1) is 15.6. The van der Waals surface area contributed by atoms with Crippen molar-refractivity contribution < 1.29 is 19.4 Å². The van der Waals surface area contributed by atoms with Crippen molar-refractivity contribution in [2.75, 3.05) is 13.2 Å². The van der Waals surface area contributed by atoms with Gasteiger partial charge < -0.3 is 14.6 Å². The van der Waals surface area contributed by atoms with Gasteiger partial charge in [0.25, 0.3) is 0 Å². The number of aliphatic hydroxyl groups is 1. The highest BCUT2D eigenvalue weighted by atomic mass is 16.6. The standard InChI is InChI=1S/C15H27NO4/c1-14(2,3)20-13(18)16-10-5-4-8-15(16)9-6-7-12(11-17)19-15/h12,17H,4-11H2,1-3H3/t12-,15?/m0/s1. The molecule has 116 valence electrons. The third-order valence-corrected chi connectivity index (χ3v) is 3.99. The zero-order chi connectivity index (χ0) is 14.8. The molecule has 1 unspecified atom stereocenters. The SMILES string of the molecule is CC(C)(C)OC(=O)N1CCCCC12CCC[C@@H](CO)O2. The quantitative estimate of drug-likeness (QED) is 0.804. The molecule has 0 aromatic heterocycles. The van der Waals surface area contributed by atoms with Crippen molar-refractivity contribution in [2.45, 2.75) is 76.7 Å². The van der Waals surface area contributed by atoms with E-state index in [4.69, 9.17) is 9.47 Å². The fourth-order valence-electron chi connectivity index (χ4n) is 3.13. The number of ether oxygens (including phenoxy) is 2. The second-order valence-electron chi connectivity index (χ2n) is 6.85. The molecule has 5 nitrogen and oxygen atoms in total. The number of rotatable bonds is 1. The number of hydrogen-bond acceptors (Lipinski definition) is 4. The molecule has 0 radical (unpaired) electrons. The third kappa shape index (κ3) is 3.44. The number of likely N-dealkylation sites (tertiary alicyclic amines) is 1. The van der Waals surface area contributed by atoms with Gasteiger partial charge in [0.2, 0.25) is 0 Å². The van der Waals surface area contributed by atoms with Crippen molar-refractivity contribution >= 4 is 6.09 Å². The number of carbonyl (C=O) groups is 1. The van der Waals surface area contributed by atoms with Gasteiger partial charge in [-0.05, 0) is 59.3 Å². The van der Waals surface area contributed by atoms with Gasteiger partial charge in [0.1, 0.15) is 11.3 Å². The lowest BCUT2D eigenvalue weighted by atomic mass is 9.89. The molecule has 1 amide bonds. The molecule has 2 atom stereocenters. The minimum atomic E-state index is -0.563. The highest BCUT2D eigenvalue weighted by Crippen LogP contribution is 2.39. The average molecular weight is 285 g/mol. The maximum absolute atomic E-state index is 12.4. The van der Waals surface area contributed by atoms with Crippen LogP contribution >= 0.6 is 0 Å². The minimum Gasteiger partial charge on any atom is -0.444 e. The predicted octanol–water partition coefficient (Wildman–Crippen LogP) is 2.67. The van der Waals surface area contributed by atoms with Gasteiger partial charge >= 0.3 is 6.09 Å². The lowest BCUT2D eigenvalue weighted by Crippen LogP contribution is -2.60. The van der Waals surface area contributed by atoms with Gasteiger partial charge in [0.05, 0.1) is 12.7 Å². The number of hydrogen-bond donors (Lipinski definition) is 1. The van der Waals surface area contributed by atoms with Crippen LogP contribution in [0.2, 0.25) is 0 Å². The van der Waals surface area contributed by atoms with E-state index in [2.05, 4.69) is 0 Å². The summed E-state index contributed by atoms with van der Waals surface area (Å²) in [6.45, 7) is 6.32. The Morgan fingerprint density at radius 3 is 2.70 bits per heavy atom. The number of amides is 1. The van der Waals surface area contributed by atoms with E-state index in [1.807, 2.05) is 20.8 Å². The van der Waals surface area contributed by atoms with Crippen molar-refractivity contribution in [1.82, 2.24) is 4.90 Å². The van der Waals surface area contributed by atoms with Crippen molar-refractivity contribution in [2.24, 2.45) is 0 Å². The Hall–Kier alpha value is -0.810. The summed E-state index contributed by atoms with van der Waals surface area (Å²) in [5, 5.41) is 9.36. The summed E-state index contributed by atoms with van der Waals surface area (Å²) < 4.78 is 11.6. The van der Waals surface area contributed by atoms with Gasteiger partial charge in [-0.1, -0.05) is 0 Å². The summed E-state index contributed by atoms with van der Waals surface area (Å²) in [5.41, 5.74) is -1.06. The highest BCUT2D eigenvalue weighted by Gasteiger charge is 2.47. The first-order chi connectivity index (χ1) is 9.36. The molecule has 2 saturated heterocycles. The lowest BCUT2D eigenvalue weighted by molar-refractivity contribution is -0.224. The molecule has 0 bridgehead atoms. The van der Waals surface area contributed by atoms with E-state index in [9.17, 15) is 9.90 Å². The van der Waals surface area contributed by atoms with Gasteiger partial charge in [-0.3, -0.25) is 4.90 Å². The monoisotopic (exact) mass is 285 g/mol. The summed E-state index contributed by atoms with van der Waals surface area (Å²) in [6, 6.07) is 0. The Kier molecular flexibility index (Phi) is 4.59. The Bertz CT molecular complexity index is 348. The fourth-order valence-corrected chi connectivity index (χ4v) is 3.13. The largest absolute Gasteiger partial charge is 0.444 e. The predicted molar refractivity (Wildman–Crippen MR) is 75.3 cm³/mol. The summed E-state index contributed by atoms with van der Waals surface area (Å²) in [7, 11) is 0. The molecule has 2 rings (SSSR count). The van der Waals surface area contributed by atoms with Gasteiger partial charge in [-0.2, -0.15) is 0 Å². The molecule has 2 fully saturated rings. The number of nitrogens with zero attached hydrogens (tertiary/aromatic N) is 1. The van der Waals surface area contributed by atoms with Crippen LogP contribution in [-0.2, 0) is 9.47 Å². The normalized spacial score (nSPS) is 31.4. The maximum Gasteiger partial charge on any atom is 0.412 e. The second kappa shape index (κ2) is 5.90. The molecule has 0 saturated carbocycles. The molecular weight excluding hydrogens is 258 g/mol. The summed E-state index contributed by atoms with van der Waals surface area (Å²) >= 11 is 0. The Balaban J connectivity index is 2.14. The van der Waals surface area contributed by atoms with E-state index in [1.165, 1.54) is 0 Å². The second-order valence-corrected chi connectivity index (χ2v) is 6.85. The van der Waals surface area contributed by atoms with Crippen LogP contribution in [0.4, 0.5) is 4.79 Å². The van der Waals surface area contributed by atoms with E-state index < -0.39 is 11.3 Å². The van der Waals surface area contributed by atoms with Crippen LogP contribution in [0.3, 0.4) is 0 Å². The Morgan fingerprint density at radius 1 is 1.35 bits per heavy atom. The number of carbonyl (C=O) groups excluding carboxylic acids is 1. The summed E-state index contributed by atoms with van der Waals surface area (Å²) in [5.74, 6) is 0. The first-order valence-electron chi connectivity index (χ1n) is 7.66. The van der Waals surface area contributed by atoms with Crippen LogP contribution < -0.4 is 0 Å². The maximum atomic E-state index is 12.4. The zero-order valence-corrected chi connectivity index (χ0v) is 12.9. The molecule has 0 aliphatic carbocycles. The Labute approximate surface area is 121 Å². The number of aliphatic hydroxyl groups excluding tert-OH is 1. The van der Waals surface area contributed by atoms with E-state index >= 15 is 0 Å². The fraction of sp³-hybridized carbons (Fsp3) is 0.933. The van der Waals surface area contributed by atoms with Gasteiger partial charge in [0, 0.05) is 6.54 Å². The molecule has 1 spiro atoms. The molecule has 20 heavy (non-hydrogen) atoms. The smallest absolute Gasteiger partial charge is 0.412 e. The third-order valence-electron chi connectivity index (χ3n) is 3.99. The van der Waals surface area contributed by atoms with Crippen molar-refractivity contribution in [1.29, 1.82) is 0 Å². The molecule has 5 heteroatoms. The molecule has 2 aliphatic rings. The Morgan fingerprint density at radius 2 is 2.05 bits per heavy atom. The van der Waals surface area contributed by atoms with Gasteiger partial charge in [-0.25, -0.2) is 4.79 Å². The molecule has 2 heterocycles. The van der Waals surface area contributed by atoms with E-state index in [0.717, 1.165) is 38.5 Å². The van der Waals surface area contributed by atoms with Crippen LogP contribution in [0.15, 0.2) is 0 Å². The van der Waals surface area contributed by atoms with Gasteiger partial charge in [0.15, 0.2) is 0 Å².